The Bertz CT molecular complexity index is 1800. The van der Waals surface area contributed by atoms with Crippen LogP contribution >= 0.6 is 0 Å². The van der Waals surface area contributed by atoms with Crippen LogP contribution in [0, 0.1) is 5.41 Å². The number of imidazole rings is 1. The monoisotopic (exact) mass is 723 g/mol. The van der Waals surface area contributed by atoms with Crippen molar-refractivity contribution < 1.29 is 52.6 Å². The number of nitrogens with one attached hydrogen (secondary N) is 3. The fraction of sp³-hybridized carbons (Fsp3) is 0.389. The molecule has 0 saturated heterocycles. The van der Waals surface area contributed by atoms with Gasteiger partial charge >= 0.3 is 5.97 Å². The van der Waals surface area contributed by atoms with Gasteiger partial charge in [0.25, 0.3) is 0 Å². The summed E-state index contributed by atoms with van der Waals surface area (Å²) in [5.41, 5.74) is 9.87. The molecule has 4 aromatic rings. The molecule has 0 atom stereocenters. The Hall–Kier alpha value is -5.10. The summed E-state index contributed by atoms with van der Waals surface area (Å²) < 4.78 is 44.2. The van der Waals surface area contributed by atoms with E-state index in [0.29, 0.717) is 94.8 Å². The minimum Gasteiger partial charge on any atom is -0.481 e. The number of carbonyl (C=O) groups is 2. The molecular weight excluding hydrogens is 678 g/mol. The maximum absolute atomic E-state index is 12.9. The second-order valence-electron chi connectivity index (χ2n) is 11.3. The number of aliphatic carboxylic acids is 1. The molecule has 6 N–H and O–H groups in total. The van der Waals surface area contributed by atoms with Crippen LogP contribution in [0.2, 0.25) is 0 Å². The zero-order valence-electron chi connectivity index (χ0n) is 29.5. The fourth-order valence-corrected chi connectivity index (χ4v) is 5.03. The molecule has 0 aliphatic carbocycles. The number of methoxy groups -OCH3 is 3. The van der Waals surface area contributed by atoms with Gasteiger partial charge in [-0.05, 0) is 53.6 Å². The minimum atomic E-state index is -1.05. The van der Waals surface area contributed by atoms with Crippen molar-refractivity contribution >= 4 is 28.7 Å². The lowest BCUT2D eigenvalue weighted by Gasteiger charge is -2.20. The van der Waals surface area contributed by atoms with E-state index in [-0.39, 0.29) is 51.5 Å². The summed E-state index contributed by atoms with van der Waals surface area (Å²) in [5, 5.41) is 20.4. The number of carboxylic acid groups (broad SMARTS) is 1. The summed E-state index contributed by atoms with van der Waals surface area (Å²) >= 11 is 0. The van der Waals surface area contributed by atoms with E-state index in [4.69, 9.17) is 54.0 Å². The number of benzene rings is 3. The van der Waals surface area contributed by atoms with Crippen molar-refractivity contribution in [3.05, 3.63) is 65.2 Å². The highest BCUT2D eigenvalue weighted by Crippen LogP contribution is 2.44. The first-order chi connectivity index (χ1) is 25.2. The van der Waals surface area contributed by atoms with Crippen LogP contribution in [0.1, 0.15) is 16.7 Å². The summed E-state index contributed by atoms with van der Waals surface area (Å²) in [6.07, 6.45) is -0.313. The molecule has 0 aliphatic rings. The van der Waals surface area contributed by atoms with Crippen LogP contribution < -0.4 is 20.5 Å². The molecule has 0 spiro atoms. The van der Waals surface area contributed by atoms with Gasteiger partial charge in [0.05, 0.1) is 69.1 Å². The van der Waals surface area contributed by atoms with E-state index in [1.54, 1.807) is 69.9 Å². The molecule has 0 unspecified atom stereocenters. The zero-order chi connectivity index (χ0) is 37.3. The topological polar surface area (TPSA) is 219 Å². The lowest BCUT2D eigenvalue weighted by atomic mass is 9.94. The van der Waals surface area contributed by atoms with Crippen LogP contribution in [0.15, 0.2) is 48.5 Å². The fourth-order valence-electron chi connectivity index (χ4n) is 5.03. The van der Waals surface area contributed by atoms with Gasteiger partial charge in [-0.25, -0.2) is 4.98 Å². The molecule has 3 aromatic carbocycles. The van der Waals surface area contributed by atoms with Crippen LogP contribution in [0.5, 0.6) is 11.5 Å². The van der Waals surface area contributed by atoms with Crippen LogP contribution in [0.3, 0.4) is 0 Å². The van der Waals surface area contributed by atoms with E-state index in [1.807, 2.05) is 0 Å². The molecule has 16 nitrogen and oxygen atoms in total. The average Bonchev–Trinajstić information content (AvgIpc) is 3.55. The van der Waals surface area contributed by atoms with Gasteiger partial charge in [0.2, 0.25) is 5.91 Å². The van der Waals surface area contributed by atoms with Crippen molar-refractivity contribution in [2.45, 2.75) is 12.8 Å². The molecule has 52 heavy (non-hydrogen) atoms. The molecule has 0 bridgehead atoms. The minimum absolute atomic E-state index is 0.00526. The van der Waals surface area contributed by atoms with E-state index in [1.165, 1.54) is 0 Å². The molecule has 16 heteroatoms. The van der Waals surface area contributed by atoms with Gasteiger partial charge < -0.3 is 59.0 Å². The number of carbonyl (C=O) groups excluding carboxylic acids is 1. The number of nitrogen functional groups attached to an aromatic ring is 1. The molecule has 1 aromatic heterocycles. The molecule has 1 heterocycles. The number of hydrogen-bond donors (Lipinski definition) is 5. The molecule has 0 fully saturated rings. The normalized spacial score (nSPS) is 11.1. The third-order valence-corrected chi connectivity index (χ3v) is 7.50. The highest BCUT2D eigenvalue weighted by atomic mass is 16.7. The second kappa shape index (κ2) is 20.7. The number of hydrogen-bond acceptors (Lipinski definition) is 12. The first-order valence-corrected chi connectivity index (χ1v) is 16.3. The summed E-state index contributed by atoms with van der Waals surface area (Å²) in [6.45, 7) is 1.69. The van der Waals surface area contributed by atoms with Gasteiger partial charge in [-0.3, -0.25) is 15.0 Å². The van der Waals surface area contributed by atoms with Crippen molar-refractivity contribution in [3.8, 4) is 34.0 Å². The van der Waals surface area contributed by atoms with Gasteiger partial charge in [-0.2, -0.15) is 0 Å². The molecule has 280 valence electrons. The lowest BCUT2D eigenvalue weighted by molar-refractivity contribution is -0.136. The number of fused-ring (bicyclic) bond motifs is 1. The summed E-state index contributed by atoms with van der Waals surface area (Å²) in [5.74, 6) is -0.391. The van der Waals surface area contributed by atoms with E-state index in [0.717, 1.165) is 0 Å². The van der Waals surface area contributed by atoms with E-state index >= 15 is 0 Å². The van der Waals surface area contributed by atoms with Crippen LogP contribution in [-0.4, -0.2) is 114 Å². The number of carboxylic acids is 1. The van der Waals surface area contributed by atoms with E-state index < -0.39 is 5.97 Å². The first kappa shape index (κ1) is 39.7. The van der Waals surface area contributed by atoms with Gasteiger partial charge in [0, 0.05) is 38.0 Å². The average molecular weight is 724 g/mol. The first-order valence-electron chi connectivity index (χ1n) is 16.3. The Morgan fingerprint density at radius 3 is 2.12 bits per heavy atom. The highest BCUT2D eigenvalue weighted by Gasteiger charge is 2.23. The van der Waals surface area contributed by atoms with E-state index in [9.17, 15) is 14.7 Å². The maximum Gasteiger partial charge on any atom is 0.307 e. The molecule has 0 saturated carbocycles. The molecule has 4 rings (SSSR count). The van der Waals surface area contributed by atoms with Crippen LogP contribution in [-0.2, 0) is 50.9 Å². The van der Waals surface area contributed by atoms with Crippen molar-refractivity contribution in [2.24, 2.45) is 5.73 Å². The zero-order valence-corrected chi connectivity index (χ0v) is 29.5. The molecule has 1 amide bonds. The van der Waals surface area contributed by atoms with Gasteiger partial charge in [-0.15, -0.1) is 0 Å². The largest absolute Gasteiger partial charge is 0.481 e. The van der Waals surface area contributed by atoms with Crippen molar-refractivity contribution in [2.75, 3.05) is 81.3 Å². The summed E-state index contributed by atoms with van der Waals surface area (Å²) in [7, 11) is 4.68. The maximum atomic E-state index is 12.9. The summed E-state index contributed by atoms with van der Waals surface area (Å²) in [6, 6.07) is 13.7. The second-order valence-corrected chi connectivity index (χ2v) is 11.3. The number of amides is 1. The van der Waals surface area contributed by atoms with Gasteiger partial charge in [0.1, 0.15) is 29.9 Å². The smallest absolute Gasteiger partial charge is 0.307 e. The number of nitrogens with zero attached hydrogens (tertiary/aromatic N) is 1. The summed E-state index contributed by atoms with van der Waals surface area (Å²) in [4.78, 5) is 33.0. The number of rotatable bonds is 24. The van der Waals surface area contributed by atoms with E-state index in [2.05, 4.69) is 10.3 Å². The number of aromatic nitrogens is 2. The molecular formula is C36H45N5O11. The number of ether oxygens (including phenoxy) is 8. The third-order valence-electron chi connectivity index (χ3n) is 7.50. The Kier molecular flexibility index (Phi) is 15.8. The van der Waals surface area contributed by atoms with Crippen LogP contribution in [0.4, 0.5) is 0 Å². The predicted molar refractivity (Wildman–Crippen MR) is 191 cm³/mol. The highest BCUT2D eigenvalue weighted by molar-refractivity contribution is 5.98. The van der Waals surface area contributed by atoms with Gasteiger partial charge in [-0.1, -0.05) is 6.07 Å². The lowest BCUT2D eigenvalue weighted by Crippen LogP contribution is -2.28. The van der Waals surface area contributed by atoms with Crippen molar-refractivity contribution in [1.29, 1.82) is 5.41 Å². The Labute approximate surface area is 300 Å². The number of amidine groups is 1. The molecule has 0 radical (unpaired) electrons. The Morgan fingerprint density at radius 1 is 0.788 bits per heavy atom. The molecule has 0 aliphatic heterocycles. The SMILES string of the molecule is COCCOCNC(=O)Cc1ccc(OCOCCOC)c(-c2cc(CC(=O)O)cc(-c3nc4ccc(C(=N)N)cc4[nH]3)c2OCOCCOC)c1. The Balaban J connectivity index is 1.85. The quantitative estimate of drug-likeness (QED) is 0.0304. The van der Waals surface area contributed by atoms with Crippen LogP contribution in [0.25, 0.3) is 33.5 Å². The Morgan fingerprint density at radius 2 is 1.44 bits per heavy atom. The predicted octanol–water partition coefficient (Wildman–Crippen LogP) is 3.09. The van der Waals surface area contributed by atoms with Crippen molar-refractivity contribution in [1.82, 2.24) is 15.3 Å². The van der Waals surface area contributed by atoms with Gasteiger partial charge in [0.15, 0.2) is 13.6 Å². The standard InChI is InChI=1S/C36H45N5O11/c1-45-8-11-48-20-39-32(42)17-23-4-7-31(51-21-49-12-9-46-2)26(14-23)27-15-24(18-33(43)44)16-28(34(27)52-22-50-13-10-47-3)36-40-29-6-5-25(35(37)38)19-30(29)41-36/h4-7,14-16,19H,8-13,17-18,20-22H2,1-3H3,(H3,37,38)(H,39,42)(H,40,41)(H,43,44). The van der Waals surface area contributed by atoms with Crippen molar-refractivity contribution in [3.63, 3.8) is 0 Å². The number of aromatic amines is 1. The number of H-pyrrole nitrogens is 1. The third kappa shape index (κ3) is 11.7. The number of nitrogens with two attached hydrogens (primary N) is 1.